The molecular formula is C17H22N4O2. The largest absolute Gasteiger partial charge is 0.356 e. The van der Waals surface area contributed by atoms with E-state index in [0.29, 0.717) is 0 Å². The van der Waals surface area contributed by atoms with Gasteiger partial charge in [-0.1, -0.05) is 6.07 Å². The first-order chi connectivity index (χ1) is 11.1. The molecule has 0 aromatic carbocycles. The summed E-state index contributed by atoms with van der Waals surface area (Å²) in [5, 5.41) is 0. The van der Waals surface area contributed by atoms with Crippen molar-refractivity contribution >= 4 is 17.8 Å². The van der Waals surface area contributed by atoms with E-state index in [1.165, 1.54) is 0 Å². The summed E-state index contributed by atoms with van der Waals surface area (Å²) in [7, 11) is 0. The number of aryl methyl sites for hydroxylation is 1. The highest BCUT2D eigenvalue weighted by Gasteiger charge is 2.50. The Kier molecular flexibility index (Phi) is 3.47. The van der Waals surface area contributed by atoms with E-state index in [1.54, 1.807) is 9.80 Å². The molecule has 3 aliphatic rings. The predicted molar refractivity (Wildman–Crippen MR) is 86.2 cm³/mol. The summed E-state index contributed by atoms with van der Waals surface area (Å²) >= 11 is 0. The lowest BCUT2D eigenvalue weighted by atomic mass is 10.0. The van der Waals surface area contributed by atoms with Crippen LogP contribution in [0.2, 0.25) is 0 Å². The van der Waals surface area contributed by atoms with E-state index >= 15 is 0 Å². The third-order valence-corrected chi connectivity index (χ3v) is 5.28. The van der Waals surface area contributed by atoms with Crippen LogP contribution in [0.5, 0.6) is 0 Å². The molecule has 1 aromatic heterocycles. The van der Waals surface area contributed by atoms with Crippen LogP contribution >= 0.6 is 0 Å². The lowest BCUT2D eigenvalue weighted by molar-refractivity contribution is -0.129. The van der Waals surface area contributed by atoms with E-state index in [-0.39, 0.29) is 24.0 Å². The summed E-state index contributed by atoms with van der Waals surface area (Å²) in [6.45, 7) is 4.43. The number of rotatable bonds is 2. The van der Waals surface area contributed by atoms with Crippen molar-refractivity contribution < 1.29 is 9.59 Å². The van der Waals surface area contributed by atoms with E-state index in [4.69, 9.17) is 0 Å². The summed E-state index contributed by atoms with van der Waals surface area (Å²) < 4.78 is 0. The third kappa shape index (κ3) is 2.36. The van der Waals surface area contributed by atoms with E-state index in [9.17, 15) is 9.59 Å². The standard InChI is InChI=1S/C17H22N4O2/c1-12-4-5-15(18-11-12)19-9-6-13(7-10-19)21-16(22)14-3-2-8-20(14)17(21)23/h4-5,11,13-14H,2-3,6-10H2,1H3/t14-/m1/s1. The molecule has 1 aromatic rings. The second-order valence-electron chi connectivity index (χ2n) is 6.75. The van der Waals surface area contributed by atoms with Gasteiger partial charge < -0.3 is 9.80 Å². The zero-order valence-electron chi connectivity index (χ0n) is 13.4. The van der Waals surface area contributed by atoms with Crippen LogP contribution in [-0.4, -0.2) is 58.4 Å². The maximum atomic E-state index is 12.5. The van der Waals surface area contributed by atoms with Crippen molar-refractivity contribution in [1.29, 1.82) is 0 Å². The van der Waals surface area contributed by atoms with Gasteiger partial charge in [0.1, 0.15) is 11.9 Å². The molecule has 1 atom stereocenters. The van der Waals surface area contributed by atoms with Gasteiger partial charge in [-0.2, -0.15) is 0 Å². The maximum Gasteiger partial charge on any atom is 0.327 e. The number of carbonyl (C=O) groups excluding carboxylic acids is 2. The minimum Gasteiger partial charge on any atom is -0.356 e. The number of nitrogens with zero attached hydrogens (tertiary/aromatic N) is 4. The van der Waals surface area contributed by atoms with Crippen molar-refractivity contribution in [3.63, 3.8) is 0 Å². The average Bonchev–Trinajstić information content (AvgIpc) is 3.13. The number of piperidine rings is 1. The fraction of sp³-hybridized carbons (Fsp3) is 0.588. The van der Waals surface area contributed by atoms with Gasteiger partial charge in [0, 0.05) is 31.9 Å². The number of aromatic nitrogens is 1. The highest BCUT2D eigenvalue weighted by Crippen LogP contribution is 2.31. The third-order valence-electron chi connectivity index (χ3n) is 5.28. The van der Waals surface area contributed by atoms with Gasteiger partial charge in [0.05, 0.1) is 0 Å². The Morgan fingerprint density at radius 3 is 2.52 bits per heavy atom. The molecule has 3 saturated heterocycles. The fourth-order valence-electron chi connectivity index (χ4n) is 3.98. The van der Waals surface area contributed by atoms with Gasteiger partial charge in [-0.3, -0.25) is 9.69 Å². The first-order valence-corrected chi connectivity index (χ1v) is 8.46. The quantitative estimate of drug-likeness (QED) is 0.781. The Morgan fingerprint density at radius 2 is 1.87 bits per heavy atom. The van der Waals surface area contributed by atoms with Crippen LogP contribution in [0.1, 0.15) is 31.2 Å². The monoisotopic (exact) mass is 314 g/mol. The molecule has 0 radical (unpaired) electrons. The fourth-order valence-corrected chi connectivity index (χ4v) is 3.98. The molecule has 0 N–H and O–H groups in total. The second kappa shape index (κ2) is 5.51. The van der Waals surface area contributed by atoms with Gasteiger partial charge in [0.2, 0.25) is 0 Å². The zero-order chi connectivity index (χ0) is 16.0. The molecule has 0 saturated carbocycles. The lowest BCUT2D eigenvalue weighted by Gasteiger charge is -2.36. The Balaban J connectivity index is 1.43. The second-order valence-corrected chi connectivity index (χ2v) is 6.75. The number of amides is 3. The van der Waals surface area contributed by atoms with Crippen LogP contribution in [0.3, 0.4) is 0 Å². The van der Waals surface area contributed by atoms with Crippen LogP contribution < -0.4 is 4.90 Å². The number of urea groups is 1. The number of hydrogen-bond acceptors (Lipinski definition) is 4. The first-order valence-electron chi connectivity index (χ1n) is 8.46. The summed E-state index contributed by atoms with van der Waals surface area (Å²) in [4.78, 5) is 35.0. The molecule has 3 amide bonds. The SMILES string of the molecule is Cc1ccc(N2CCC(N3C(=O)[C@H]4CCCN4C3=O)CC2)nc1. The van der Waals surface area contributed by atoms with Gasteiger partial charge in [-0.15, -0.1) is 0 Å². The molecular weight excluding hydrogens is 292 g/mol. The Hall–Kier alpha value is -2.11. The van der Waals surface area contributed by atoms with Crippen molar-refractivity contribution in [2.75, 3.05) is 24.5 Å². The Bertz CT molecular complexity index is 600. The predicted octanol–water partition coefficient (Wildman–Crippen LogP) is 1.79. The molecule has 0 bridgehead atoms. The number of hydrogen-bond donors (Lipinski definition) is 0. The number of pyridine rings is 1. The average molecular weight is 314 g/mol. The van der Waals surface area contributed by atoms with E-state index in [1.807, 2.05) is 19.2 Å². The van der Waals surface area contributed by atoms with Crippen molar-refractivity contribution in [3.05, 3.63) is 23.9 Å². The number of carbonyl (C=O) groups is 2. The minimum atomic E-state index is -0.181. The van der Waals surface area contributed by atoms with Crippen molar-refractivity contribution in [1.82, 2.24) is 14.8 Å². The molecule has 4 rings (SSSR count). The van der Waals surface area contributed by atoms with Crippen LogP contribution in [0.25, 0.3) is 0 Å². The molecule has 0 aliphatic carbocycles. The van der Waals surface area contributed by atoms with E-state index in [0.717, 1.165) is 56.7 Å². The summed E-state index contributed by atoms with van der Waals surface area (Å²) in [6.07, 6.45) is 5.31. The van der Waals surface area contributed by atoms with Gasteiger partial charge in [-0.25, -0.2) is 9.78 Å². The zero-order valence-corrected chi connectivity index (χ0v) is 13.4. The Morgan fingerprint density at radius 1 is 1.09 bits per heavy atom. The van der Waals surface area contributed by atoms with Crippen LogP contribution in [0.15, 0.2) is 18.3 Å². The topological polar surface area (TPSA) is 56.8 Å². The minimum absolute atomic E-state index is 0.0272. The molecule has 3 aliphatic heterocycles. The van der Waals surface area contributed by atoms with Crippen molar-refractivity contribution in [2.24, 2.45) is 0 Å². The number of anilines is 1. The van der Waals surface area contributed by atoms with Gasteiger partial charge in [0.25, 0.3) is 5.91 Å². The van der Waals surface area contributed by atoms with Crippen molar-refractivity contribution in [3.8, 4) is 0 Å². The molecule has 122 valence electrons. The van der Waals surface area contributed by atoms with Crippen LogP contribution in [0.4, 0.5) is 10.6 Å². The smallest absolute Gasteiger partial charge is 0.327 e. The summed E-state index contributed by atoms with van der Waals surface area (Å²) in [6, 6.07) is 3.90. The lowest BCUT2D eigenvalue weighted by Crippen LogP contribution is -2.48. The Labute approximate surface area is 136 Å². The molecule has 0 unspecified atom stereocenters. The van der Waals surface area contributed by atoms with Crippen LogP contribution in [-0.2, 0) is 4.79 Å². The molecule has 6 heteroatoms. The molecule has 3 fully saturated rings. The number of imide groups is 1. The molecule has 23 heavy (non-hydrogen) atoms. The normalized spacial score (nSPS) is 25.4. The summed E-state index contributed by atoms with van der Waals surface area (Å²) in [5.74, 6) is 1.01. The van der Waals surface area contributed by atoms with Gasteiger partial charge in [0.15, 0.2) is 0 Å². The molecule has 0 spiro atoms. The number of fused-ring (bicyclic) bond motifs is 1. The van der Waals surface area contributed by atoms with E-state index in [2.05, 4.69) is 16.0 Å². The van der Waals surface area contributed by atoms with Gasteiger partial charge in [-0.05, 0) is 44.2 Å². The highest BCUT2D eigenvalue weighted by atomic mass is 16.2. The first kappa shape index (κ1) is 14.5. The molecule has 4 heterocycles. The highest BCUT2D eigenvalue weighted by molar-refractivity contribution is 6.04. The summed E-state index contributed by atoms with van der Waals surface area (Å²) in [5.41, 5.74) is 1.15. The van der Waals surface area contributed by atoms with Crippen LogP contribution in [0, 0.1) is 6.92 Å². The van der Waals surface area contributed by atoms with Crippen molar-refractivity contribution in [2.45, 2.75) is 44.7 Å². The molecule has 6 nitrogen and oxygen atoms in total. The van der Waals surface area contributed by atoms with E-state index < -0.39 is 0 Å². The van der Waals surface area contributed by atoms with Gasteiger partial charge >= 0.3 is 6.03 Å². The maximum absolute atomic E-state index is 12.5.